The summed E-state index contributed by atoms with van der Waals surface area (Å²) in [5.74, 6) is -1.12. The number of nitrogens with one attached hydrogen (secondary N) is 1. The molecule has 116 valence electrons. The van der Waals surface area contributed by atoms with E-state index in [0.717, 1.165) is 11.1 Å². The molecule has 1 fully saturated rings. The maximum atomic E-state index is 13.2. The molecule has 1 N–H and O–H groups in total. The van der Waals surface area contributed by atoms with Crippen molar-refractivity contribution in [2.45, 2.75) is 0 Å². The number of carbonyl (C=O) groups is 2. The lowest BCUT2D eigenvalue weighted by Gasteiger charge is -2.14. The number of rotatable bonds is 3. The topological polar surface area (TPSA) is 62.6 Å². The molecule has 0 aliphatic carbocycles. The second-order valence-corrected chi connectivity index (χ2v) is 5.04. The Hall–Kier alpha value is -2.86. The zero-order valence-electron chi connectivity index (χ0n) is 11.6. The minimum atomic E-state index is -0.606. The summed E-state index contributed by atoms with van der Waals surface area (Å²) in [6, 6.07) is 7.19. The van der Waals surface area contributed by atoms with Gasteiger partial charge in [0, 0.05) is 0 Å². The second-order valence-electron chi connectivity index (χ2n) is 4.63. The zero-order valence-corrected chi connectivity index (χ0v) is 12.4. The molecule has 7 heteroatoms. The van der Waals surface area contributed by atoms with Crippen molar-refractivity contribution in [2.75, 3.05) is 5.01 Å². The molecule has 2 amide bonds. The Kier molecular flexibility index (Phi) is 3.99. The molecule has 23 heavy (non-hydrogen) atoms. The average molecular weight is 333 g/mol. The summed E-state index contributed by atoms with van der Waals surface area (Å²) in [6.45, 7) is 0. The van der Waals surface area contributed by atoms with E-state index in [2.05, 4.69) is 5.43 Å². The minimum Gasteiger partial charge on any atom is -0.465 e. The normalized spacial score (nSPS) is 16.6. The number of hydrazine groups is 1. The van der Waals surface area contributed by atoms with Gasteiger partial charge in [0.25, 0.3) is 11.8 Å². The van der Waals surface area contributed by atoms with Crippen LogP contribution in [0.15, 0.2) is 58.7 Å². The Labute approximate surface area is 135 Å². The Morgan fingerprint density at radius 3 is 2.78 bits per heavy atom. The summed E-state index contributed by atoms with van der Waals surface area (Å²) >= 11 is 5.69. The Morgan fingerprint density at radius 2 is 2.09 bits per heavy atom. The maximum Gasteiger partial charge on any atom is 0.282 e. The fourth-order valence-corrected chi connectivity index (χ4v) is 2.18. The van der Waals surface area contributed by atoms with Crippen molar-refractivity contribution in [1.82, 2.24) is 5.43 Å². The van der Waals surface area contributed by atoms with Gasteiger partial charge >= 0.3 is 0 Å². The van der Waals surface area contributed by atoms with E-state index in [1.165, 1.54) is 30.5 Å². The van der Waals surface area contributed by atoms with Crippen molar-refractivity contribution in [3.05, 3.63) is 70.9 Å². The van der Waals surface area contributed by atoms with Crippen LogP contribution < -0.4 is 10.4 Å². The molecule has 5 nitrogen and oxygen atoms in total. The van der Waals surface area contributed by atoms with Crippen molar-refractivity contribution in [3.8, 4) is 0 Å². The molecule has 0 saturated carbocycles. The van der Waals surface area contributed by atoms with Crippen molar-refractivity contribution < 1.29 is 18.4 Å². The van der Waals surface area contributed by atoms with Gasteiger partial charge in [-0.15, -0.1) is 0 Å². The van der Waals surface area contributed by atoms with Crippen LogP contribution in [0.3, 0.4) is 0 Å². The van der Waals surface area contributed by atoms with Gasteiger partial charge in [0.05, 0.1) is 17.0 Å². The number of hydrogen-bond acceptors (Lipinski definition) is 3. The fourth-order valence-electron chi connectivity index (χ4n) is 2.01. The van der Waals surface area contributed by atoms with Crippen molar-refractivity contribution >= 4 is 35.2 Å². The zero-order chi connectivity index (χ0) is 16.4. The Bertz CT molecular complexity index is 828. The lowest BCUT2D eigenvalue weighted by atomic mass is 10.2. The number of amides is 2. The minimum absolute atomic E-state index is 0.0479. The van der Waals surface area contributed by atoms with Crippen LogP contribution in [0.25, 0.3) is 6.08 Å². The summed E-state index contributed by atoms with van der Waals surface area (Å²) in [6.07, 6.45) is 6.04. The summed E-state index contributed by atoms with van der Waals surface area (Å²) in [4.78, 5) is 24.2. The largest absolute Gasteiger partial charge is 0.465 e. The smallest absolute Gasteiger partial charge is 0.282 e. The van der Waals surface area contributed by atoms with Gasteiger partial charge in [0.2, 0.25) is 0 Å². The third-order valence-corrected chi connectivity index (χ3v) is 3.41. The van der Waals surface area contributed by atoms with Gasteiger partial charge in [-0.2, -0.15) is 0 Å². The molecule has 1 aromatic heterocycles. The molecular formula is C16H10ClFN2O3. The Morgan fingerprint density at radius 1 is 1.26 bits per heavy atom. The second kappa shape index (κ2) is 6.10. The first-order valence-corrected chi connectivity index (χ1v) is 6.96. The van der Waals surface area contributed by atoms with E-state index in [4.69, 9.17) is 16.0 Å². The highest BCUT2D eigenvalue weighted by atomic mass is 35.5. The van der Waals surface area contributed by atoms with Gasteiger partial charge in [-0.1, -0.05) is 17.7 Å². The van der Waals surface area contributed by atoms with Crippen LogP contribution in [0, 0.1) is 5.82 Å². The number of anilines is 1. The quantitative estimate of drug-likeness (QED) is 0.694. The van der Waals surface area contributed by atoms with Crippen LogP contribution in [0.4, 0.5) is 10.1 Å². The van der Waals surface area contributed by atoms with E-state index in [1.807, 2.05) is 0 Å². The number of hydrogen-bond donors (Lipinski definition) is 1. The van der Waals surface area contributed by atoms with E-state index in [1.54, 1.807) is 18.2 Å². The number of benzene rings is 1. The first kappa shape index (κ1) is 15.1. The van der Waals surface area contributed by atoms with Gasteiger partial charge in [-0.25, -0.2) is 9.40 Å². The molecule has 0 spiro atoms. The standard InChI is InChI=1S/C16H10ClFN2O3/c17-13-9-10(6-7-14(13)18)20-16(22)12(15(21)19-20)5-1-3-11-4-2-8-23-11/h1-9H,(H,19,21)/b3-1+,12-5-. The monoisotopic (exact) mass is 332 g/mol. The van der Waals surface area contributed by atoms with Gasteiger partial charge in [-0.3, -0.25) is 15.0 Å². The lowest BCUT2D eigenvalue weighted by molar-refractivity contribution is -0.117. The molecule has 0 unspecified atom stereocenters. The van der Waals surface area contributed by atoms with Crippen LogP contribution in [0.1, 0.15) is 5.76 Å². The average Bonchev–Trinajstić information content (AvgIpc) is 3.13. The fraction of sp³-hybridized carbons (Fsp3) is 0. The third-order valence-electron chi connectivity index (χ3n) is 3.12. The van der Waals surface area contributed by atoms with E-state index < -0.39 is 17.6 Å². The molecule has 0 radical (unpaired) electrons. The SMILES string of the molecule is O=C1NN(c2ccc(F)c(Cl)c2)C(=O)/C1=C\C=C\c1ccco1. The molecule has 1 aliphatic rings. The molecule has 2 aromatic rings. The highest BCUT2D eigenvalue weighted by Gasteiger charge is 2.34. The molecule has 3 rings (SSSR count). The highest BCUT2D eigenvalue weighted by Crippen LogP contribution is 2.25. The number of nitrogens with zero attached hydrogens (tertiary/aromatic N) is 1. The first-order chi connectivity index (χ1) is 11.1. The predicted molar refractivity (Wildman–Crippen MR) is 82.9 cm³/mol. The number of halogens is 2. The van der Waals surface area contributed by atoms with Gasteiger partial charge in [0.15, 0.2) is 0 Å². The Balaban J connectivity index is 1.83. The van der Waals surface area contributed by atoms with Gasteiger partial charge in [0.1, 0.15) is 17.2 Å². The molecule has 1 aromatic carbocycles. The van der Waals surface area contributed by atoms with Gasteiger partial charge in [-0.05, 0) is 42.5 Å². The summed E-state index contributed by atoms with van der Waals surface area (Å²) in [5.41, 5.74) is 2.62. The van der Waals surface area contributed by atoms with Crippen LogP contribution >= 0.6 is 11.6 Å². The van der Waals surface area contributed by atoms with Crippen molar-refractivity contribution in [2.24, 2.45) is 0 Å². The highest BCUT2D eigenvalue weighted by molar-refractivity contribution is 6.32. The van der Waals surface area contributed by atoms with E-state index in [-0.39, 0.29) is 16.3 Å². The molecule has 0 bridgehead atoms. The van der Waals surface area contributed by atoms with E-state index >= 15 is 0 Å². The van der Waals surface area contributed by atoms with Crippen LogP contribution in [-0.2, 0) is 9.59 Å². The van der Waals surface area contributed by atoms with Gasteiger partial charge < -0.3 is 4.42 Å². The molecule has 0 atom stereocenters. The predicted octanol–water partition coefficient (Wildman–Crippen LogP) is 3.09. The summed E-state index contributed by atoms with van der Waals surface area (Å²) in [7, 11) is 0. The van der Waals surface area contributed by atoms with Crippen LogP contribution in [-0.4, -0.2) is 11.8 Å². The van der Waals surface area contributed by atoms with E-state index in [0.29, 0.717) is 5.76 Å². The van der Waals surface area contributed by atoms with Crippen molar-refractivity contribution in [3.63, 3.8) is 0 Å². The first-order valence-electron chi connectivity index (χ1n) is 6.58. The van der Waals surface area contributed by atoms with Crippen LogP contribution in [0.2, 0.25) is 5.02 Å². The van der Waals surface area contributed by atoms with E-state index in [9.17, 15) is 14.0 Å². The molecule has 2 heterocycles. The number of carbonyl (C=O) groups excluding carboxylic acids is 2. The number of furan rings is 1. The third kappa shape index (κ3) is 3.02. The van der Waals surface area contributed by atoms with Crippen molar-refractivity contribution in [1.29, 1.82) is 0 Å². The molecule has 1 aliphatic heterocycles. The lowest BCUT2D eigenvalue weighted by Crippen LogP contribution is -2.35. The maximum absolute atomic E-state index is 13.2. The van der Waals surface area contributed by atoms with Crippen LogP contribution in [0.5, 0.6) is 0 Å². The molecular weight excluding hydrogens is 323 g/mol. The number of allylic oxidation sites excluding steroid dienone is 2. The summed E-state index contributed by atoms with van der Waals surface area (Å²) < 4.78 is 18.3. The summed E-state index contributed by atoms with van der Waals surface area (Å²) in [5, 5.41) is 0.875. The molecule has 1 saturated heterocycles.